The van der Waals surface area contributed by atoms with E-state index >= 15 is 0 Å². The summed E-state index contributed by atoms with van der Waals surface area (Å²) in [7, 11) is -3.53. The molecule has 26 heavy (non-hydrogen) atoms. The molecule has 1 aliphatic rings. The highest BCUT2D eigenvalue weighted by molar-refractivity contribution is 7.92. The Morgan fingerprint density at radius 1 is 1.19 bits per heavy atom. The lowest BCUT2D eigenvalue weighted by Gasteiger charge is -2.34. The Kier molecular flexibility index (Phi) is 7.58. The largest absolute Gasteiger partial charge is 0.340 e. The zero-order chi connectivity index (χ0) is 19.3. The fourth-order valence-electron chi connectivity index (χ4n) is 2.99. The van der Waals surface area contributed by atoms with Crippen molar-refractivity contribution in [1.29, 1.82) is 0 Å². The maximum atomic E-state index is 12.4. The molecule has 0 N–H and O–H groups in total. The average molecular weight is 422 g/mol. The summed E-state index contributed by atoms with van der Waals surface area (Å²) >= 11 is 12.1. The van der Waals surface area contributed by atoms with Gasteiger partial charge in [-0.05, 0) is 31.2 Å². The highest BCUT2D eigenvalue weighted by atomic mass is 35.5. The van der Waals surface area contributed by atoms with Crippen LogP contribution in [-0.4, -0.2) is 69.6 Å². The molecule has 146 valence electrons. The van der Waals surface area contributed by atoms with Crippen LogP contribution >= 0.6 is 23.2 Å². The molecule has 1 heterocycles. The predicted octanol–water partition coefficient (Wildman–Crippen LogP) is 2.70. The fourth-order valence-corrected chi connectivity index (χ4v) is 4.39. The van der Waals surface area contributed by atoms with E-state index in [1.807, 2.05) is 4.90 Å². The van der Waals surface area contributed by atoms with E-state index < -0.39 is 10.0 Å². The first-order chi connectivity index (χ1) is 12.2. The van der Waals surface area contributed by atoms with Crippen molar-refractivity contribution >= 4 is 44.8 Å². The van der Waals surface area contributed by atoms with E-state index in [9.17, 15) is 13.2 Å². The topological polar surface area (TPSA) is 60.9 Å². The van der Waals surface area contributed by atoms with Crippen LogP contribution in [0.5, 0.6) is 0 Å². The lowest BCUT2D eigenvalue weighted by molar-refractivity contribution is -0.132. The third kappa shape index (κ3) is 5.74. The molecule has 1 aliphatic heterocycles. The monoisotopic (exact) mass is 421 g/mol. The summed E-state index contributed by atoms with van der Waals surface area (Å²) in [6, 6.07) is 4.69. The van der Waals surface area contributed by atoms with E-state index in [1.54, 1.807) is 12.1 Å². The van der Waals surface area contributed by atoms with E-state index in [2.05, 4.69) is 11.8 Å². The number of rotatable bonds is 7. The average Bonchev–Trinajstić information content (AvgIpc) is 2.60. The van der Waals surface area contributed by atoms with E-state index in [0.29, 0.717) is 28.6 Å². The minimum absolute atomic E-state index is 0.0615. The van der Waals surface area contributed by atoms with E-state index in [4.69, 9.17) is 23.2 Å². The van der Waals surface area contributed by atoms with Gasteiger partial charge in [0.15, 0.2) is 0 Å². The first-order valence-corrected chi connectivity index (χ1v) is 11.3. The second kappa shape index (κ2) is 9.26. The molecule has 1 aromatic carbocycles. The first kappa shape index (κ1) is 21.3. The third-order valence-electron chi connectivity index (χ3n) is 4.50. The van der Waals surface area contributed by atoms with Crippen LogP contribution in [0.2, 0.25) is 10.0 Å². The molecule has 0 atom stereocenters. The number of nitrogens with zero attached hydrogens (tertiary/aromatic N) is 3. The summed E-state index contributed by atoms with van der Waals surface area (Å²) in [6.45, 7) is 6.50. The molecule has 6 nitrogen and oxygen atoms in total. The quantitative estimate of drug-likeness (QED) is 0.678. The van der Waals surface area contributed by atoms with Gasteiger partial charge in [-0.25, -0.2) is 8.42 Å². The molecule has 1 fully saturated rings. The van der Waals surface area contributed by atoms with Gasteiger partial charge < -0.3 is 9.80 Å². The number of benzene rings is 1. The smallest absolute Gasteiger partial charge is 0.232 e. The second-order valence-electron chi connectivity index (χ2n) is 6.35. The van der Waals surface area contributed by atoms with Gasteiger partial charge in [-0.3, -0.25) is 9.10 Å². The lowest BCUT2D eigenvalue weighted by atomic mass is 10.2. The number of carbonyl (C=O) groups excluding carboxylic acids is 1. The normalized spacial score (nSPS) is 15.9. The van der Waals surface area contributed by atoms with Gasteiger partial charge in [0.1, 0.15) is 0 Å². The maximum absolute atomic E-state index is 12.4. The van der Waals surface area contributed by atoms with Crippen LogP contribution in [0.1, 0.15) is 19.8 Å². The van der Waals surface area contributed by atoms with Crippen LogP contribution in [0.15, 0.2) is 18.2 Å². The van der Waals surface area contributed by atoms with E-state index in [-0.39, 0.29) is 12.5 Å². The number of amides is 1. The van der Waals surface area contributed by atoms with Crippen molar-refractivity contribution in [2.75, 3.05) is 49.8 Å². The van der Waals surface area contributed by atoms with Crippen molar-refractivity contribution in [2.45, 2.75) is 19.8 Å². The Morgan fingerprint density at radius 2 is 1.85 bits per heavy atom. The van der Waals surface area contributed by atoms with Crippen LogP contribution in [0.3, 0.4) is 0 Å². The summed E-state index contributed by atoms with van der Waals surface area (Å²) in [5, 5.41) is 0.713. The maximum Gasteiger partial charge on any atom is 0.232 e. The molecule has 0 spiro atoms. The first-order valence-electron chi connectivity index (χ1n) is 8.65. The Morgan fingerprint density at radius 3 is 2.42 bits per heavy atom. The zero-order valence-corrected chi connectivity index (χ0v) is 17.4. The van der Waals surface area contributed by atoms with Gasteiger partial charge >= 0.3 is 0 Å². The summed E-state index contributed by atoms with van der Waals surface area (Å²) in [4.78, 5) is 16.5. The Labute approximate surface area is 165 Å². The molecule has 9 heteroatoms. The molecular formula is C17H25Cl2N3O3S. The number of halogens is 2. The van der Waals surface area contributed by atoms with Gasteiger partial charge in [0.2, 0.25) is 15.9 Å². The minimum Gasteiger partial charge on any atom is -0.340 e. The van der Waals surface area contributed by atoms with Crippen LogP contribution < -0.4 is 4.31 Å². The highest BCUT2D eigenvalue weighted by Gasteiger charge is 2.23. The Balaban J connectivity index is 1.96. The number of anilines is 1. The molecule has 1 saturated heterocycles. The van der Waals surface area contributed by atoms with Gasteiger partial charge in [0, 0.05) is 44.2 Å². The van der Waals surface area contributed by atoms with Gasteiger partial charge in [-0.2, -0.15) is 0 Å². The van der Waals surface area contributed by atoms with Crippen molar-refractivity contribution < 1.29 is 13.2 Å². The van der Waals surface area contributed by atoms with Crippen LogP contribution in [0.4, 0.5) is 5.69 Å². The zero-order valence-electron chi connectivity index (χ0n) is 15.1. The standard InChI is InChI=1S/C17H25Cl2N3O3S/c1-3-20-9-11-21(12-10-20)17(23)5-4-8-22(26(2,24)25)16-13-14(18)6-7-15(16)19/h6-7,13H,3-5,8-12H2,1-2H3. The number of carbonyl (C=O) groups is 1. The summed E-state index contributed by atoms with van der Waals surface area (Å²) in [6.07, 6.45) is 1.84. The summed E-state index contributed by atoms with van der Waals surface area (Å²) in [5.74, 6) is 0.0615. The molecule has 0 unspecified atom stereocenters. The van der Waals surface area contributed by atoms with E-state index in [0.717, 1.165) is 39.0 Å². The Hall–Kier alpha value is -1.02. The molecule has 0 radical (unpaired) electrons. The number of sulfonamides is 1. The molecular weight excluding hydrogens is 397 g/mol. The molecule has 0 bridgehead atoms. The minimum atomic E-state index is -3.53. The van der Waals surface area contributed by atoms with Crippen molar-refractivity contribution in [3.63, 3.8) is 0 Å². The second-order valence-corrected chi connectivity index (χ2v) is 9.10. The van der Waals surface area contributed by atoms with Gasteiger partial charge in [0.05, 0.1) is 17.0 Å². The van der Waals surface area contributed by atoms with Crippen molar-refractivity contribution in [3.05, 3.63) is 28.2 Å². The van der Waals surface area contributed by atoms with Gasteiger partial charge in [0.25, 0.3) is 0 Å². The van der Waals surface area contributed by atoms with E-state index in [1.165, 1.54) is 10.4 Å². The molecule has 0 aliphatic carbocycles. The predicted molar refractivity (Wildman–Crippen MR) is 107 cm³/mol. The molecule has 0 aromatic heterocycles. The number of piperazine rings is 1. The number of likely N-dealkylation sites (N-methyl/N-ethyl adjacent to an activating group) is 1. The summed E-state index contributed by atoms with van der Waals surface area (Å²) in [5.41, 5.74) is 0.339. The number of hydrogen-bond donors (Lipinski definition) is 0. The lowest BCUT2D eigenvalue weighted by Crippen LogP contribution is -2.48. The van der Waals surface area contributed by atoms with Crippen LogP contribution in [0, 0.1) is 0 Å². The number of hydrogen-bond acceptors (Lipinski definition) is 4. The van der Waals surface area contributed by atoms with Crippen LogP contribution in [0.25, 0.3) is 0 Å². The third-order valence-corrected chi connectivity index (χ3v) is 6.24. The molecule has 1 aromatic rings. The van der Waals surface area contributed by atoms with Crippen LogP contribution in [-0.2, 0) is 14.8 Å². The SMILES string of the molecule is CCN1CCN(C(=O)CCCN(c2cc(Cl)ccc2Cl)S(C)(=O)=O)CC1. The van der Waals surface area contributed by atoms with Gasteiger partial charge in [-0.1, -0.05) is 30.1 Å². The molecule has 1 amide bonds. The fraction of sp³-hybridized carbons (Fsp3) is 0.588. The summed E-state index contributed by atoms with van der Waals surface area (Å²) < 4.78 is 25.5. The molecule has 2 rings (SSSR count). The highest BCUT2D eigenvalue weighted by Crippen LogP contribution is 2.30. The molecule has 0 saturated carbocycles. The van der Waals surface area contributed by atoms with Gasteiger partial charge in [-0.15, -0.1) is 0 Å². The van der Waals surface area contributed by atoms with Crippen molar-refractivity contribution in [3.8, 4) is 0 Å². The Bertz CT molecular complexity index is 735. The van der Waals surface area contributed by atoms with Crippen molar-refractivity contribution in [2.24, 2.45) is 0 Å². The van der Waals surface area contributed by atoms with Crippen molar-refractivity contribution in [1.82, 2.24) is 9.80 Å².